The third-order valence-electron chi connectivity index (χ3n) is 4.11. The molecule has 0 saturated carbocycles. The van der Waals surface area contributed by atoms with E-state index < -0.39 is 0 Å². The summed E-state index contributed by atoms with van der Waals surface area (Å²) in [6, 6.07) is 14.7. The van der Waals surface area contributed by atoms with Crippen LogP contribution in [-0.4, -0.2) is 29.7 Å². The van der Waals surface area contributed by atoms with Crippen molar-refractivity contribution in [3.63, 3.8) is 0 Å². The maximum Gasteiger partial charge on any atom is 0.255 e. The Morgan fingerprint density at radius 2 is 1.81 bits per heavy atom. The van der Waals surface area contributed by atoms with Crippen LogP contribution < -0.4 is 14.8 Å². The van der Waals surface area contributed by atoms with Crippen molar-refractivity contribution in [2.24, 2.45) is 0 Å². The SMILES string of the molecule is COc1ccc(NC(=O)c2ccc3nc(-n4cccc4)sc3c2)cc1OC. The molecule has 0 aliphatic heterocycles. The summed E-state index contributed by atoms with van der Waals surface area (Å²) in [5.74, 6) is 0.976. The second kappa shape index (κ2) is 7.13. The van der Waals surface area contributed by atoms with Gasteiger partial charge in [0.2, 0.25) is 0 Å². The summed E-state index contributed by atoms with van der Waals surface area (Å²) in [4.78, 5) is 17.2. The molecule has 0 atom stereocenters. The monoisotopic (exact) mass is 379 g/mol. The molecule has 27 heavy (non-hydrogen) atoms. The molecule has 0 unspecified atom stereocenters. The van der Waals surface area contributed by atoms with Crippen LogP contribution in [0.2, 0.25) is 0 Å². The van der Waals surface area contributed by atoms with Crippen LogP contribution in [0.5, 0.6) is 11.5 Å². The van der Waals surface area contributed by atoms with E-state index in [-0.39, 0.29) is 5.91 Å². The summed E-state index contributed by atoms with van der Waals surface area (Å²) < 4.78 is 13.4. The average molecular weight is 379 g/mol. The largest absolute Gasteiger partial charge is 0.493 e. The minimum absolute atomic E-state index is 0.194. The molecule has 0 radical (unpaired) electrons. The molecule has 0 saturated heterocycles. The Hall–Kier alpha value is -3.32. The van der Waals surface area contributed by atoms with Gasteiger partial charge in [-0.1, -0.05) is 11.3 Å². The van der Waals surface area contributed by atoms with Gasteiger partial charge in [-0.05, 0) is 42.5 Å². The van der Waals surface area contributed by atoms with Gasteiger partial charge in [0.25, 0.3) is 5.91 Å². The van der Waals surface area contributed by atoms with Crippen molar-refractivity contribution in [3.8, 4) is 16.6 Å². The smallest absolute Gasteiger partial charge is 0.255 e. The summed E-state index contributed by atoms with van der Waals surface area (Å²) in [7, 11) is 3.13. The highest BCUT2D eigenvalue weighted by molar-refractivity contribution is 7.20. The van der Waals surface area contributed by atoms with Crippen molar-refractivity contribution in [1.82, 2.24) is 9.55 Å². The van der Waals surface area contributed by atoms with E-state index in [0.29, 0.717) is 22.7 Å². The molecule has 0 spiro atoms. The number of rotatable bonds is 5. The van der Waals surface area contributed by atoms with Crippen LogP contribution in [0.3, 0.4) is 0 Å². The maximum atomic E-state index is 12.6. The van der Waals surface area contributed by atoms with Gasteiger partial charge in [0.05, 0.1) is 24.4 Å². The molecule has 7 heteroatoms. The van der Waals surface area contributed by atoms with Crippen LogP contribution in [0.15, 0.2) is 60.9 Å². The zero-order chi connectivity index (χ0) is 18.8. The van der Waals surface area contributed by atoms with Crippen LogP contribution in [0, 0.1) is 0 Å². The number of benzene rings is 2. The summed E-state index contributed by atoms with van der Waals surface area (Å²) >= 11 is 1.54. The first kappa shape index (κ1) is 17.1. The van der Waals surface area contributed by atoms with Crippen LogP contribution in [0.25, 0.3) is 15.3 Å². The van der Waals surface area contributed by atoms with Gasteiger partial charge in [0.1, 0.15) is 0 Å². The van der Waals surface area contributed by atoms with E-state index >= 15 is 0 Å². The van der Waals surface area contributed by atoms with E-state index in [1.54, 1.807) is 38.5 Å². The number of aromatic nitrogens is 2. The van der Waals surface area contributed by atoms with E-state index in [1.807, 2.05) is 41.2 Å². The summed E-state index contributed by atoms with van der Waals surface area (Å²) in [6.07, 6.45) is 3.89. The number of methoxy groups -OCH3 is 2. The van der Waals surface area contributed by atoms with Crippen molar-refractivity contribution in [3.05, 3.63) is 66.5 Å². The number of ether oxygens (including phenoxy) is 2. The topological polar surface area (TPSA) is 65.4 Å². The Balaban J connectivity index is 1.59. The summed E-state index contributed by atoms with van der Waals surface area (Å²) in [5, 5.41) is 3.76. The fourth-order valence-electron chi connectivity index (χ4n) is 2.74. The molecule has 0 fully saturated rings. The molecule has 0 aliphatic carbocycles. The van der Waals surface area contributed by atoms with Crippen molar-refractivity contribution >= 4 is 33.1 Å². The number of thiazole rings is 1. The van der Waals surface area contributed by atoms with Crippen molar-refractivity contribution in [2.75, 3.05) is 19.5 Å². The first-order chi connectivity index (χ1) is 13.2. The van der Waals surface area contributed by atoms with E-state index in [2.05, 4.69) is 10.3 Å². The normalized spacial score (nSPS) is 10.7. The Labute approximate surface area is 160 Å². The van der Waals surface area contributed by atoms with Gasteiger partial charge in [0.15, 0.2) is 16.6 Å². The minimum atomic E-state index is -0.194. The predicted octanol–water partition coefficient (Wildman–Crippen LogP) is 4.36. The molecule has 4 rings (SSSR count). The average Bonchev–Trinajstić information content (AvgIpc) is 3.36. The Morgan fingerprint density at radius 3 is 2.56 bits per heavy atom. The lowest BCUT2D eigenvalue weighted by molar-refractivity contribution is 0.102. The highest BCUT2D eigenvalue weighted by Gasteiger charge is 2.12. The molecule has 2 heterocycles. The predicted molar refractivity (Wildman–Crippen MR) is 106 cm³/mol. The number of amides is 1. The van der Waals surface area contributed by atoms with Crippen LogP contribution >= 0.6 is 11.3 Å². The molecule has 6 nitrogen and oxygen atoms in total. The number of fused-ring (bicyclic) bond motifs is 1. The molecule has 2 aromatic carbocycles. The number of carbonyl (C=O) groups excluding carboxylic acids is 1. The van der Waals surface area contributed by atoms with E-state index in [9.17, 15) is 4.79 Å². The molecule has 1 amide bonds. The van der Waals surface area contributed by atoms with Crippen LogP contribution in [-0.2, 0) is 0 Å². The van der Waals surface area contributed by atoms with Gasteiger partial charge in [-0.25, -0.2) is 4.98 Å². The minimum Gasteiger partial charge on any atom is -0.493 e. The molecule has 0 aliphatic rings. The standard InChI is InChI=1S/C20H17N3O3S/c1-25-16-8-6-14(12-17(16)26-2)21-19(24)13-5-7-15-18(11-13)27-20(22-15)23-9-3-4-10-23/h3-12H,1-2H3,(H,21,24). The molecule has 0 bridgehead atoms. The van der Waals surface area contributed by atoms with E-state index in [1.165, 1.54) is 11.3 Å². The van der Waals surface area contributed by atoms with E-state index in [4.69, 9.17) is 9.47 Å². The highest BCUT2D eigenvalue weighted by atomic mass is 32.1. The molecular weight excluding hydrogens is 362 g/mol. The number of hydrogen-bond donors (Lipinski definition) is 1. The van der Waals surface area contributed by atoms with Crippen LogP contribution in [0.4, 0.5) is 5.69 Å². The first-order valence-corrected chi connectivity index (χ1v) is 9.07. The van der Waals surface area contributed by atoms with Crippen LogP contribution in [0.1, 0.15) is 10.4 Å². The Morgan fingerprint density at radius 1 is 1.04 bits per heavy atom. The lowest BCUT2D eigenvalue weighted by atomic mass is 10.2. The zero-order valence-electron chi connectivity index (χ0n) is 14.8. The third-order valence-corrected chi connectivity index (χ3v) is 5.14. The zero-order valence-corrected chi connectivity index (χ0v) is 15.6. The lowest BCUT2D eigenvalue weighted by Crippen LogP contribution is -2.11. The Kier molecular flexibility index (Phi) is 4.52. The third kappa shape index (κ3) is 3.37. The van der Waals surface area contributed by atoms with E-state index in [0.717, 1.165) is 15.3 Å². The number of nitrogens with zero attached hydrogens (tertiary/aromatic N) is 2. The summed E-state index contributed by atoms with van der Waals surface area (Å²) in [6.45, 7) is 0. The Bertz CT molecular complexity index is 1100. The van der Waals surface area contributed by atoms with Gasteiger partial charge in [-0.15, -0.1) is 0 Å². The van der Waals surface area contributed by atoms with Gasteiger partial charge >= 0.3 is 0 Å². The fourth-order valence-corrected chi connectivity index (χ4v) is 3.72. The second-order valence-electron chi connectivity index (χ2n) is 5.79. The molecule has 136 valence electrons. The quantitative estimate of drug-likeness (QED) is 0.560. The molecule has 2 aromatic heterocycles. The highest BCUT2D eigenvalue weighted by Crippen LogP contribution is 2.30. The first-order valence-electron chi connectivity index (χ1n) is 8.25. The van der Waals surface area contributed by atoms with Crippen molar-refractivity contribution < 1.29 is 14.3 Å². The fraction of sp³-hybridized carbons (Fsp3) is 0.100. The number of nitrogens with one attached hydrogen (secondary N) is 1. The van der Waals surface area contributed by atoms with Crippen molar-refractivity contribution in [1.29, 1.82) is 0 Å². The number of hydrogen-bond acceptors (Lipinski definition) is 5. The molecular formula is C20H17N3O3S. The van der Waals surface area contributed by atoms with Gasteiger partial charge < -0.3 is 19.4 Å². The van der Waals surface area contributed by atoms with Crippen molar-refractivity contribution in [2.45, 2.75) is 0 Å². The number of carbonyl (C=O) groups is 1. The molecule has 4 aromatic rings. The second-order valence-corrected chi connectivity index (χ2v) is 6.80. The lowest BCUT2D eigenvalue weighted by Gasteiger charge is -2.10. The summed E-state index contributed by atoms with van der Waals surface area (Å²) in [5.41, 5.74) is 2.07. The van der Waals surface area contributed by atoms with Gasteiger partial charge in [-0.2, -0.15) is 0 Å². The molecule has 1 N–H and O–H groups in total. The van der Waals surface area contributed by atoms with Gasteiger partial charge in [-0.3, -0.25) is 4.79 Å². The number of anilines is 1. The van der Waals surface area contributed by atoms with Gasteiger partial charge in [0, 0.05) is 29.7 Å². The maximum absolute atomic E-state index is 12.6.